The molecule has 80 valence electrons. The highest BCUT2D eigenvalue weighted by Crippen LogP contribution is 2.05. The third-order valence-corrected chi connectivity index (χ3v) is 2.50. The van der Waals surface area contributed by atoms with Crippen molar-refractivity contribution in [2.75, 3.05) is 0 Å². The highest BCUT2D eigenvalue weighted by Gasteiger charge is 2.11. The van der Waals surface area contributed by atoms with Gasteiger partial charge in [0.2, 0.25) is 0 Å². The number of nitrogens with zero attached hydrogens (tertiary/aromatic N) is 3. The van der Waals surface area contributed by atoms with E-state index in [1.807, 2.05) is 43.1 Å². The van der Waals surface area contributed by atoms with Crippen molar-refractivity contribution >= 4 is 0 Å². The fourth-order valence-electron chi connectivity index (χ4n) is 1.43. The molecule has 0 atom stereocenters. The molecule has 0 amide bonds. The molecule has 0 aliphatic carbocycles. The van der Waals surface area contributed by atoms with Gasteiger partial charge >= 0.3 is 0 Å². The minimum Gasteiger partial charge on any atom is -1.00 e. The SMILES string of the molecule is Cc1cc(-n2cccc2)nc(C)[n+]1C.[I-]. The van der Waals surface area contributed by atoms with Crippen LogP contribution in [0.1, 0.15) is 11.5 Å². The van der Waals surface area contributed by atoms with Gasteiger partial charge in [-0.05, 0) is 24.0 Å². The van der Waals surface area contributed by atoms with Crippen molar-refractivity contribution in [3.8, 4) is 5.82 Å². The van der Waals surface area contributed by atoms with E-state index in [2.05, 4.69) is 22.5 Å². The van der Waals surface area contributed by atoms with Crippen molar-refractivity contribution in [3.05, 3.63) is 42.1 Å². The lowest BCUT2D eigenvalue weighted by molar-refractivity contribution is -0.686. The first kappa shape index (κ1) is 12.2. The second kappa shape index (κ2) is 4.74. The van der Waals surface area contributed by atoms with E-state index in [4.69, 9.17) is 0 Å². The van der Waals surface area contributed by atoms with Gasteiger partial charge in [0.05, 0.1) is 13.1 Å². The van der Waals surface area contributed by atoms with Gasteiger partial charge in [-0.2, -0.15) is 0 Å². The van der Waals surface area contributed by atoms with Crippen LogP contribution in [0.15, 0.2) is 30.6 Å². The lowest BCUT2D eigenvalue weighted by Gasteiger charge is -2.01. The number of halogens is 1. The predicted molar refractivity (Wildman–Crippen MR) is 54.2 cm³/mol. The Labute approximate surface area is 107 Å². The summed E-state index contributed by atoms with van der Waals surface area (Å²) in [5.74, 6) is 2.00. The normalized spacial score (nSPS) is 9.80. The number of hydrogen-bond acceptors (Lipinski definition) is 1. The van der Waals surface area contributed by atoms with Crippen LogP contribution in [-0.2, 0) is 7.05 Å². The van der Waals surface area contributed by atoms with E-state index in [0.717, 1.165) is 11.6 Å². The molecule has 0 saturated carbocycles. The highest BCUT2D eigenvalue weighted by molar-refractivity contribution is 5.23. The zero-order valence-electron chi connectivity index (χ0n) is 9.11. The molecule has 0 aliphatic heterocycles. The van der Waals surface area contributed by atoms with Gasteiger partial charge in [-0.15, -0.1) is 0 Å². The van der Waals surface area contributed by atoms with E-state index in [9.17, 15) is 0 Å². The van der Waals surface area contributed by atoms with Gasteiger partial charge in [0.25, 0.3) is 11.6 Å². The second-order valence-corrected chi connectivity index (χ2v) is 3.45. The summed E-state index contributed by atoms with van der Waals surface area (Å²) in [5.41, 5.74) is 1.21. The maximum absolute atomic E-state index is 4.50. The van der Waals surface area contributed by atoms with Crippen LogP contribution in [0.4, 0.5) is 0 Å². The molecule has 0 unspecified atom stereocenters. The van der Waals surface area contributed by atoms with Gasteiger partial charge in [-0.1, -0.05) is 0 Å². The monoisotopic (exact) mass is 315 g/mol. The van der Waals surface area contributed by atoms with Gasteiger partial charge in [-0.25, -0.2) is 4.57 Å². The molecule has 4 heteroatoms. The summed E-state index contributed by atoms with van der Waals surface area (Å²) in [4.78, 5) is 4.50. The van der Waals surface area contributed by atoms with E-state index >= 15 is 0 Å². The Bertz CT molecular complexity index is 426. The lowest BCUT2D eigenvalue weighted by Crippen LogP contribution is -3.00. The predicted octanol–water partition coefficient (Wildman–Crippen LogP) is -1.68. The first-order chi connectivity index (χ1) is 6.68. The molecule has 0 spiro atoms. The Balaban J connectivity index is 0.00000112. The minimum absolute atomic E-state index is 0. The van der Waals surface area contributed by atoms with Crippen LogP contribution in [0.25, 0.3) is 5.82 Å². The van der Waals surface area contributed by atoms with Crippen molar-refractivity contribution in [1.29, 1.82) is 0 Å². The van der Waals surface area contributed by atoms with Crippen LogP contribution in [0.5, 0.6) is 0 Å². The second-order valence-electron chi connectivity index (χ2n) is 3.45. The molecule has 0 bridgehead atoms. The zero-order valence-corrected chi connectivity index (χ0v) is 11.3. The van der Waals surface area contributed by atoms with Crippen molar-refractivity contribution in [3.63, 3.8) is 0 Å². The van der Waals surface area contributed by atoms with Crippen LogP contribution in [-0.4, -0.2) is 9.55 Å². The summed E-state index contributed by atoms with van der Waals surface area (Å²) in [6.07, 6.45) is 4.00. The lowest BCUT2D eigenvalue weighted by atomic mass is 10.4. The molecule has 2 heterocycles. The van der Waals surface area contributed by atoms with Crippen LogP contribution in [0, 0.1) is 13.8 Å². The fraction of sp³-hybridized carbons (Fsp3) is 0.273. The molecule has 15 heavy (non-hydrogen) atoms. The molecule has 2 rings (SSSR count). The zero-order chi connectivity index (χ0) is 10.1. The molecule has 2 aromatic rings. The highest BCUT2D eigenvalue weighted by atomic mass is 127. The van der Waals surface area contributed by atoms with Gasteiger partial charge in [-0.3, -0.25) is 4.57 Å². The van der Waals surface area contributed by atoms with Gasteiger partial charge in [0.1, 0.15) is 5.69 Å². The topological polar surface area (TPSA) is 21.7 Å². The Morgan fingerprint density at radius 3 is 2.33 bits per heavy atom. The van der Waals surface area contributed by atoms with E-state index in [0.29, 0.717) is 0 Å². The van der Waals surface area contributed by atoms with Gasteiger partial charge in [0.15, 0.2) is 0 Å². The maximum atomic E-state index is 4.50. The van der Waals surface area contributed by atoms with Crippen LogP contribution in [0.2, 0.25) is 0 Å². The quantitative estimate of drug-likeness (QED) is 0.455. The van der Waals surface area contributed by atoms with Crippen molar-refractivity contribution in [2.45, 2.75) is 13.8 Å². The fourth-order valence-corrected chi connectivity index (χ4v) is 1.43. The third-order valence-electron chi connectivity index (χ3n) is 2.50. The van der Waals surface area contributed by atoms with Crippen LogP contribution in [0.3, 0.4) is 0 Å². The summed E-state index contributed by atoms with van der Waals surface area (Å²) < 4.78 is 4.09. The summed E-state index contributed by atoms with van der Waals surface area (Å²) in [7, 11) is 2.02. The van der Waals surface area contributed by atoms with E-state index < -0.39 is 0 Å². The first-order valence-corrected chi connectivity index (χ1v) is 4.66. The summed E-state index contributed by atoms with van der Waals surface area (Å²) in [6.45, 7) is 4.10. The molecule has 2 aromatic heterocycles. The average Bonchev–Trinajstić information content (AvgIpc) is 2.66. The smallest absolute Gasteiger partial charge is 0.297 e. The molecule has 0 aromatic carbocycles. The molecule has 0 saturated heterocycles. The number of hydrogen-bond donors (Lipinski definition) is 0. The number of rotatable bonds is 1. The molecule has 0 radical (unpaired) electrons. The van der Waals surface area contributed by atoms with Gasteiger partial charge < -0.3 is 24.0 Å². The Morgan fingerprint density at radius 1 is 1.20 bits per heavy atom. The molecule has 0 aliphatic rings. The van der Waals surface area contributed by atoms with Crippen LogP contribution < -0.4 is 28.5 Å². The maximum Gasteiger partial charge on any atom is 0.297 e. The number of aromatic nitrogens is 3. The Kier molecular flexibility index (Phi) is 3.84. The van der Waals surface area contributed by atoms with E-state index in [-0.39, 0.29) is 24.0 Å². The molecular weight excluding hydrogens is 301 g/mol. The molecule has 0 fully saturated rings. The van der Waals surface area contributed by atoms with E-state index in [1.165, 1.54) is 5.69 Å². The summed E-state index contributed by atoms with van der Waals surface area (Å²) in [6, 6.07) is 6.08. The number of aryl methyl sites for hydroxylation is 2. The summed E-state index contributed by atoms with van der Waals surface area (Å²) >= 11 is 0. The Morgan fingerprint density at radius 2 is 1.80 bits per heavy atom. The average molecular weight is 315 g/mol. The first-order valence-electron chi connectivity index (χ1n) is 4.66. The van der Waals surface area contributed by atoms with Crippen molar-refractivity contribution in [1.82, 2.24) is 9.55 Å². The minimum atomic E-state index is 0. The largest absolute Gasteiger partial charge is 1.00 e. The molecular formula is C11H14IN3. The van der Waals surface area contributed by atoms with Crippen molar-refractivity contribution < 1.29 is 28.5 Å². The molecule has 3 nitrogen and oxygen atoms in total. The van der Waals surface area contributed by atoms with Crippen molar-refractivity contribution in [2.24, 2.45) is 7.05 Å². The third kappa shape index (κ3) is 2.37. The summed E-state index contributed by atoms with van der Waals surface area (Å²) in [5, 5.41) is 0. The Hall–Kier alpha value is -0.910. The van der Waals surface area contributed by atoms with Crippen LogP contribution >= 0.6 is 0 Å². The van der Waals surface area contributed by atoms with Gasteiger partial charge in [0, 0.05) is 19.3 Å². The standard InChI is InChI=1S/C11H14N3.HI/c1-9-8-11(12-10(2)13(9)3)14-6-4-5-7-14;/h4-8H,1-3H3;1H/q+1;/p-1. The molecule has 0 N–H and O–H groups in total. The van der Waals surface area contributed by atoms with E-state index in [1.54, 1.807) is 0 Å².